The molecule has 0 unspecified atom stereocenters. The second-order valence-electron chi connectivity index (χ2n) is 7.42. The van der Waals surface area contributed by atoms with Gasteiger partial charge in [-0.15, -0.1) is 11.3 Å². The van der Waals surface area contributed by atoms with Gasteiger partial charge < -0.3 is 9.80 Å². The van der Waals surface area contributed by atoms with E-state index in [4.69, 9.17) is 0 Å². The van der Waals surface area contributed by atoms with Gasteiger partial charge in [-0.05, 0) is 38.3 Å². The number of sulfonamides is 1. The van der Waals surface area contributed by atoms with E-state index in [0.29, 0.717) is 18.0 Å². The highest BCUT2D eigenvalue weighted by molar-refractivity contribution is 7.89. The van der Waals surface area contributed by atoms with Crippen LogP contribution in [0.2, 0.25) is 0 Å². The minimum Gasteiger partial charge on any atom is -0.355 e. The molecule has 0 saturated carbocycles. The molecular weight excluding hydrogens is 394 g/mol. The SMILES string of the molecule is Cc1csc(N2CCCN(c3ccc(S(=O)(=O)N4CCCCC4)cn3)CC2)n1. The van der Waals surface area contributed by atoms with E-state index in [2.05, 4.69) is 25.1 Å². The maximum atomic E-state index is 12.8. The minimum atomic E-state index is -3.42. The van der Waals surface area contributed by atoms with Crippen molar-refractivity contribution in [3.63, 3.8) is 0 Å². The van der Waals surface area contributed by atoms with Gasteiger partial charge in [-0.1, -0.05) is 6.42 Å². The molecule has 2 fully saturated rings. The van der Waals surface area contributed by atoms with Crippen molar-refractivity contribution in [1.82, 2.24) is 14.3 Å². The Morgan fingerprint density at radius 2 is 1.68 bits per heavy atom. The number of hydrogen-bond donors (Lipinski definition) is 0. The zero-order valence-electron chi connectivity index (χ0n) is 16.2. The average molecular weight is 422 g/mol. The molecule has 2 aromatic rings. The summed E-state index contributed by atoms with van der Waals surface area (Å²) in [6.45, 7) is 6.88. The number of thiazole rings is 1. The van der Waals surface area contributed by atoms with Crippen LogP contribution < -0.4 is 9.80 Å². The molecule has 0 aliphatic carbocycles. The summed E-state index contributed by atoms with van der Waals surface area (Å²) in [5.74, 6) is 0.842. The van der Waals surface area contributed by atoms with Crippen molar-refractivity contribution in [3.8, 4) is 0 Å². The molecule has 4 rings (SSSR count). The number of piperidine rings is 1. The monoisotopic (exact) mass is 421 g/mol. The molecule has 9 heteroatoms. The number of rotatable bonds is 4. The lowest BCUT2D eigenvalue weighted by Gasteiger charge is -2.26. The van der Waals surface area contributed by atoms with E-state index in [0.717, 1.165) is 68.5 Å². The first-order valence-electron chi connectivity index (χ1n) is 9.92. The van der Waals surface area contributed by atoms with Crippen molar-refractivity contribution >= 4 is 32.3 Å². The number of hydrogen-bond acceptors (Lipinski definition) is 7. The van der Waals surface area contributed by atoms with Crippen LogP contribution in [0.15, 0.2) is 28.6 Å². The van der Waals surface area contributed by atoms with Gasteiger partial charge in [0.1, 0.15) is 10.7 Å². The lowest BCUT2D eigenvalue weighted by Crippen LogP contribution is -2.35. The topological polar surface area (TPSA) is 69.6 Å². The van der Waals surface area contributed by atoms with E-state index < -0.39 is 10.0 Å². The summed E-state index contributed by atoms with van der Waals surface area (Å²) in [6.07, 6.45) is 5.53. The van der Waals surface area contributed by atoms with Crippen molar-refractivity contribution in [2.75, 3.05) is 49.1 Å². The summed E-state index contributed by atoms with van der Waals surface area (Å²) in [7, 11) is -3.42. The van der Waals surface area contributed by atoms with Gasteiger partial charge in [-0.2, -0.15) is 4.31 Å². The Labute approximate surface area is 171 Å². The molecule has 2 aromatic heterocycles. The van der Waals surface area contributed by atoms with Crippen LogP contribution in [0.3, 0.4) is 0 Å². The van der Waals surface area contributed by atoms with E-state index in [9.17, 15) is 8.42 Å². The molecule has 0 radical (unpaired) electrons. The summed E-state index contributed by atoms with van der Waals surface area (Å²) >= 11 is 1.69. The highest BCUT2D eigenvalue weighted by Gasteiger charge is 2.26. The lowest BCUT2D eigenvalue weighted by atomic mass is 10.2. The van der Waals surface area contributed by atoms with Crippen molar-refractivity contribution in [3.05, 3.63) is 29.4 Å². The van der Waals surface area contributed by atoms with Crippen LogP contribution in [0.25, 0.3) is 0 Å². The second-order valence-corrected chi connectivity index (χ2v) is 10.2. The number of aryl methyl sites for hydroxylation is 1. The fourth-order valence-corrected chi connectivity index (χ4v) is 6.11. The molecule has 2 aliphatic rings. The van der Waals surface area contributed by atoms with E-state index in [1.165, 1.54) is 6.20 Å². The van der Waals surface area contributed by atoms with Gasteiger partial charge in [0.05, 0.1) is 5.69 Å². The Morgan fingerprint density at radius 1 is 0.929 bits per heavy atom. The molecule has 0 bridgehead atoms. The van der Waals surface area contributed by atoms with Crippen molar-refractivity contribution in [2.24, 2.45) is 0 Å². The fraction of sp³-hybridized carbons (Fsp3) is 0.579. The zero-order valence-corrected chi connectivity index (χ0v) is 17.9. The van der Waals surface area contributed by atoms with Crippen LogP contribution in [-0.4, -0.2) is 62.0 Å². The Morgan fingerprint density at radius 3 is 2.36 bits per heavy atom. The maximum Gasteiger partial charge on any atom is 0.244 e. The third kappa shape index (κ3) is 4.16. The Bertz CT molecular complexity index is 891. The van der Waals surface area contributed by atoms with Crippen LogP contribution in [0.4, 0.5) is 10.9 Å². The molecule has 0 N–H and O–H groups in total. The van der Waals surface area contributed by atoms with Crippen molar-refractivity contribution < 1.29 is 8.42 Å². The van der Waals surface area contributed by atoms with Gasteiger partial charge in [-0.25, -0.2) is 18.4 Å². The largest absolute Gasteiger partial charge is 0.355 e. The third-order valence-corrected chi connectivity index (χ3v) is 8.27. The summed E-state index contributed by atoms with van der Waals surface area (Å²) in [6, 6.07) is 3.55. The number of nitrogens with zero attached hydrogens (tertiary/aromatic N) is 5. The van der Waals surface area contributed by atoms with Crippen LogP contribution in [0, 0.1) is 6.92 Å². The Balaban J connectivity index is 1.43. The van der Waals surface area contributed by atoms with Gasteiger partial charge in [0, 0.05) is 50.8 Å². The molecule has 0 atom stereocenters. The van der Waals surface area contributed by atoms with Gasteiger partial charge in [0.2, 0.25) is 10.0 Å². The highest BCUT2D eigenvalue weighted by Crippen LogP contribution is 2.24. The van der Waals surface area contributed by atoms with Gasteiger partial charge >= 0.3 is 0 Å². The normalized spacial score (nSPS) is 19.6. The molecule has 152 valence electrons. The van der Waals surface area contributed by atoms with Crippen LogP contribution in [0.5, 0.6) is 0 Å². The van der Waals surface area contributed by atoms with E-state index in [-0.39, 0.29) is 0 Å². The first-order chi connectivity index (χ1) is 13.5. The first kappa shape index (κ1) is 19.6. The van der Waals surface area contributed by atoms with E-state index >= 15 is 0 Å². The number of aromatic nitrogens is 2. The smallest absolute Gasteiger partial charge is 0.244 e. The zero-order chi connectivity index (χ0) is 19.6. The predicted molar refractivity (Wildman–Crippen MR) is 113 cm³/mol. The van der Waals surface area contributed by atoms with Gasteiger partial charge in [-0.3, -0.25) is 0 Å². The molecular formula is C19H27N5O2S2. The van der Waals surface area contributed by atoms with Crippen molar-refractivity contribution in [2.45, 2.75) is 37.5 Å². The lowest BCUT2D eigenvalue weighted by molar-refractivity contribution is 0.346. The number of anilines is 2. The molecule has 0 spiro atoms. The average Bonchev–Trinajstić information content (AvgIpc) is 3.00. The molecule has 4 heterocycles. The molecule has 2 aliphatic heterocycles. The molecule has 0 aromatic carbocycles. The summed E-state index contributed by atoms with van der Waals surface area (Å²) in [4.78, 5) is 14.0. The Hall–Kier alpha value is -1.71. The van der Waals surface area contributed by atoms with Crippen LogP contribution >= 0.6 is 11.3 Å². The summed E-state index contributed by atoms with van der Waals surface area (Å²) < 4.78 is 27.2. The summed E-state index contributed by atoms with van der Waals surface area (Å²) in [5, 5.41) is 3.16. The first-order valence-corrected chi connectivity index (χ1v) is 12.2. The quantitative estimate of drug-likeness (QED) is 0.756. The Kier molecular flexibility index (Phi) is 5.84. The van der Waals surface area contributed by atoms with E-state index in [1.807, 2.05) is 13.0 Å². The maximum absolute atomic E-state index is 12.8. The summed E-state index contributed by atoms with van der Waals surface area (Å²) in [5.41, 5.74) is 1.06. The van der Waals surface area contributed by atoms with Crippen molar-refractivity contribution in [1.29, 1.82) is 0 Å². The minimum absolute atomic E-state index is 0.299. The molecule has 7 nitrogen and oxygen atoms in total. The van der Waals surface area contributed by atoms with E-state index in [1.54, 1.807) is 21.7 Å². The standard InChI is InChI=1S/C19H27N5O2S2/c1-16-15-27-19(21-16)23-9-5-8-22(12-13-23)18-7-6-17(14-20-18)28(25,26)24-10-3-2-4-11-24/h6-7,14-15H,2-5,8-13H2,1H3. The molecule has 0 amide bonds. The fourth-order valence-electron chi connectivity index (χ4n) is 3.79. The highest BCUT2D eigenvalue weighted by atomic mass is 32.2. The second kappa shape index (κ2) is 8.34. The van der Waals surface area contributed by atoms with Gasteiger partial charge in [0.15, 0.2) is 5.13 Å². The van der Waals surface area contributed by atoms with Crippen LogP contribution in [0.1, 0.15) is 31.4 Å². The predicted octanol–water partition coefficient (Wildman–Crippen LogP) is 2.74. The molecule has 2 saturated heterocycles. The number of pyridine rings is 1. The van der Waals surface area contributed by atoms with Gasteiger partial charge in [0.25, 0.3) is 0 Å². The molecule has 28 heavy (non-hydrogen) atoms. The van der Waals surface area contributed by atoms with Crippen LogP contribution in [-0.2, 0) is 10.0 Å². The third-order valence-electron chi connectivity index (χ3n) is 5.37.